The third-order valence-electron chi connectivity index (χ3n) is 3.65. The largest absolute Gasteiger partial charge is 0.484 e. The molecule has 2 N–H and O–H groups in total. The maximum absolute atomic E-state index is 12.1. The molecular weight excluding hydrogens is 384 g/mol. The fraction of sp³-hybridized carbons (Fsp3) is 0.100. The Kier molecular flexibility index (Phi) is 6.11. The fourth-order valence-electron chi connectivity index (χ4n) is 2.33. The number of carbonyl (C=O) groups is 2. The van der Waals surface area contributed by atoms with Crippen LogP contribution in [0.15, 0.2) is 60.0 Å². The Bertz CT molecular complexity index is 958. The number of ether oxygens (including phenoxy) is 1. The SMILES string of the molecule is Cc1cc(OCC(=O)Nc2cccc(NC(=O)c3cccs3)c2)ccc1Cl. The molecule has 0 saturated carbocycles. The maximum Gasteiger partial charge on any atom is 0.265 e. The molecule has 0 radical (unpaired) electrons. The van der Waals surface area contributed by atoms with E-state index in [1.165, 1.54) is 11.3 Å². The van der Waals surface area contributed by atoms with Gasteiger partial charge in [-0.2, -0.15) is 0 Å². The first-order valence-corrected chi connectivity index (χ1v) is 9.41. The third kappa shape index (κ3) is 5.32. The molecule has 1 heterocycles. The Morgan fingerprint density at radius 2 is 1.81 bits per heavy atom. The Labute approximate surface area is 165 Å². The van der Waals surface area contributed by atoms with E-state index < -0.39 is 0 Å². The van der Waals surface area contributed by atoms with Crippen molar-refractivity contribution in [3.8, 4) is 5.75 Å². The average molecular weight is 401 g/mol. The van der Waals surface area contributed by atoms with Crippen molar-refractivity contribution < 1.29 is 14.3 Å². The van der Waals surface area contributed by atoms with Crippen molar-refractivity contribution >= 4 is 46.1 Å². The van der Waals surface area contributed by atoms with Crippen molar-refractivity contribution in [3.63, 3.8) is 0 Å². The molecule has 138 valence electrons. The van der Waals surface area contributed by atoms with Gasteiger partial charge in [-0.05, 0) is 60.3 Å². The molecule has 0 aliphatic heterocycles. The van der Waals surface area contributed by atoms with E-state index in [1.54, 1.807) is 48.5 Å². The Morgan fingerprint density at radius 1 is 1.04 bits per heavy atom. The highest BCUT2D eigenvalue weighted by Crippen LogP contribution is 2.21. The van der Waals surface area contributed by atoms with Crippen molar-refractivity contribution in [1.82, 2.24) is 0 Å². The lowest BCUT2D eigenvalue weighted by Crippen LogP contribution is -2.20. The summed E-state index contributed by atoms with van der Waals surface area (Å²) in [6.07, 6.45) is 0. The molecule has 2 aromatic carbocycles. The molecule has 7 heteroatoms. The van der Waals surface area contributed by atoms with Crippen LogP contribution in [0.3, 0.4) is 0 Å². The molecule has 0 unspecified atom stereocenters. The number of rotatable bonds is 6. The lowest BCUT2D eigenvalue weighted by atomic mass is 10.2. The van der Waals surface area contributed by atoms with Crippen LogP contribution in [0.25, 0.3) is 0 Å². The van der Waals surface area contributed by atoms with E-state index in [0.29, 0.717) is 27.0 Å². The molecule has 0 spiro atoms. The van der Waals surface area contributed by atoms with Gasteiger partial charge in [0.05, 0.1) is 4.88 Å². The zero-order valence-electron chi connectivity index (χ0n) is 14.5. The van der Waals surface area contributed by atoms with E-state index in [-0.39, 0.29) is 18.4 Å². The van der Waals surface area contributed by atoms with Crippen LogP contribution in [0.2, 0.25) is 5.02 Å². The minimum Gasteiger partial charge on any atom is -0.484 e. The van der Waals surface area contributed by atoms with Gasteiger partial charge in [0.2, 0.25) is 0 Å². The lowest BCUT2D eigenvalue weighted by molar-refractivity contribution is -0.118. The number of carbonyl (C=O) groups excluding carboxylic acids is 2. The number of hydrogen-bond acceptors (Lipinski definition) is 4. The first-order chi connectivity index (χ1) is 13.0. The Morgan fingerprint density at radius 3 is 2.52 bits per heavy atom. The summed E-state index contributed by atoms with van der Waals surface area (Å²) in [5.74, 6) is 0.0864. The van der Waals surface area contributed by atoms with Crippen LogP contribution in [-0.2, 0) is 4.79 Å². The second-order valence-electron chi connectivity index (χ2n) is 5.76. The molecule has 0 aliphatic carbocycles. The van der Waals surface area contributed by atoms with Crippen LogP contribution < -0.4 is 15.4 Å². The topological polar surface area (TPSA) is 67.4 Å². The average Bonchev–Trinajstić information content (AvgIpc) is 3.18. The van der Waals surface area contributed by atoms with Gasteiger partial charge in [0.15, 0.2) is 6.61 Å². The summed E-state index contributed by atoms with van der Waals surface area (Å²) >= 11 is 7.33. The van der Waals surface area contributed by atoms with E-state index in [1.807, 2.05) is 18.4 Å². The molecule has 0 bridgehead atoms. The summed E-state index contributed by atoms with van der Waals surface area (Å²) in [5.41, 5.74) is 2.05. The molecule has 0 atom stereocenters. The number of hydrogen-bond donors (Lipinski definition) is 2. The minimum atomic E-state index is -0.302. The molecule has 3 aromatic rings. The molecule has 5 nitrogen and oxygen atoms in total. The van der Waals surface area contributed by atoms with Crippen molar-refractivity contribution in [2.75, 3.05) is 17.2 Å². The fourth-order valence-corrected chi connectivity index (χ4v) is 3.06. The monoisotopic (exact) mass is 400 g/mol. The predicted octanol–water partition coefficient (Wildman–Crippen LogP) is 4.98. The second kappa shape index (κ2) is 8.70. The van der Waals surface area contributed by atoms with Crippen LogP contribution in [0, 0.1) is 6.92 Å². The predicted molar refractivity (Wildman–Crippen MR) is 109 cm³/mol. The molecule has 0 saturated heterocycles. The van der Waals surface area contributed by atoms with Crippen molar-refractivity contribution in [1.29, 1.82) is 0 Å². The number of benzene rings is 2. The Hall–Kier alpha value is -2.83. The molecule has 1 aromatic heterocycles. The lowest BCUT2D eigenvalue weighted by Gasteiger charge is -2.10. The number of aryl methyl sites for hydroxylation is 1. The van der Waals surface area contributed by atoms with Gasteiger partial charge in [-0.3, -0.25) is 9.59 Å². The number of anilines is 2. The van der Waals surface area contributed by atoms with Gasteiger partial charge in [-0.1, -0.05) is 23.7 Å². The van der Waals surface area contributed by atoms with Crippen molar-refractivity contribution in [2.24, 2.45) is 0 Å². The summed E-state index contributed by atoms with van der Waals surface area (Å²) in [5, 5.41) is 8.04. The normalized spacial score (nSPS) is 10.3. The van der Waals surface area contributed by atoms with Crippen LogP contribution in [0.5, 0.6) is 5.75 Å². The standard InChI is InChI=1S/C20H17ClN2O3S/c1-13-10-16(7-8-17(13)21)26-12-19(24)22-14-4-2-5-15(11-14)23-20(25)18-6-3-9-27-18/h2-11H,12H2,1H3,(H,22,24)(H,23,25). The zero-order chi connectivity index (χ0) is 19.2. The summed E-state index contributed by atoms with van der Waals surface area (Å²) in [7, 11) is 0. The van der Waals surface area contributed by atoms with E-state index >= 15 is 0 Å². The summed E-state index contributed by atoms with van der Waals surface area (Å²) in [6.45, 7) is 1.73. The molecule has 0 aliphatic rings. The van der Waals surface area contributed by atoms with Gasteiger partial charge in [0.1, 0.15) is 5.75 Å². The number of amides is 2. The van der Waals surface area contributed by atoms with Gasteiger partial charge in [0, 0.05) is 16.4 Å². The van der Waals surface area contributed by atoms with Crippen LogP contribution >= 0.6 is 22.9 Å². The van der Waals surface area contributed by atoms with Crippen LogP contribution in [-0.4, -0.2) is 18.4 Å². The summed E-state index contributed by atoms with van der Waals surface area (Å²) in [6, 6.07) is 15.7. The van der Waals surface area contributed by atoms with Crippen molar-refractivity contribution in [3.05, 3.63) is 75.4 Å². The first kappa shape index (κ1) is 18.9. The smallest absolute Gasteiger partial charge is 0.265 e. The van der Waals surface area contributed by atoms with Gasteiger partial charge < -0.3 is 15.4 Å². The zero-order valence-corrected chi connectivity index (χ0v) is 16.1. The molecule has 3 rings (SSSR count). The van der Waals surface area contributed by atoms with E-state index in [2.05, 4.69) is 10.6 Å². The minimum absolute atomic E-state index is 0.132. The van der Waals surface area contributed by atoms with E-state index in [0.717, 1.165) is 5.56 Å². The molecule has 0 fully saturated rings. The van der Waals surface area contributed by atoms with Gasteiger partial charge >= 0.3 is 0 Å². The highest BCUT2D eigenvalue weighted by molar-refractivity contribution is 7.12. The molecule has 27 heavy (non-hydrogen) atoms. The Balaban J connectivity index is 1.56. The van der Waals surface area contributed by atoms with Gasteiger partial charge in [-0.15, -0.1) is 11.3 Å². The highest BCUT2D eigenvalue weighted by atomic mass is 35.5. The quantitative estimate of drug-likeness (QED) is 0.613. The molecular formula is C20H17ClN2O3S. The number of nitrogens with one attached hydrogen (secondary N) is 2. The maximum atomic E-state index is 12.1. The van der Waals surface area contributed by atoms with Crippen LogP contribution in [0.1, 0.15) is 15.2 Å². The summed E-state index contributed by atoms with van der Waals surface area (Å²) < 4.78 is 5.48. The van der Waals surface area contributed by atoms with Crippen LogP contribution in [0.4, 0.5) is 11.4 Å². The van der Waals surface area contributed by atoms with Gasteiger partial charge in [0.25, 0.3) is 11.8 Å². The van der Waals surface area contributed by atoms with E-state index in [9.17, 15) is 9.59 Å². The molecule has 2 amide bonds. The van der Waals surface area contributed by atoms with Gasteiger partial charge in [-0.25, -0.2) is 0 Å². The van der Waals surface area contributed by atoms with E-state index in [4.69, 9.17) is 16.3 Å². The third-order valence-corrected chi connectivity index (χ3v) is 4.94. The van der Waals surface area contributed by atoms with Crippen molar-refractivity contribution in [2.45, 2.75) is 6.92 Å². The first-order valence-electron chi connectivity index (χ1n) is 8.15. The second-order valence-corrected chi connectivity index (χ2v) is 7.11. The number of thiophene rings is 1. The number of halogens is 1. The highest BCUT2D eigenvalue weighted by Gasteiger charge is 2.09. The summed E-state index contributed by atoms with van der Waals surface area (Å²) in [4.78, 5) is 24.8.